The summed E-state index contributed by atoms with van der Waals surface area (Å²) in [7, 11) is 0. The summed E-state index contributed by atoms with van der Waals surface area (Å²) in [5.41, 5.74) is 2.09. The maximum atomic E-state index is 12.3. The van der Waals surface area contributed by atoms with Gasteiger partial charge in [0, 0.05) is 29.8 Å². The maximum absolute atomic E-state index is 12.3. The normalized spacial score (nSPS) is 10.6. The molecule has 0 aliphatic carbocycles. The highest BCUT2D eigenvalue weighted by molar-refractivity contribution is 6.00. The van der Waals surface area contributed by atoms with Gasteiger partial charge in [0.15, 0.2) is 12.4 Å². The van der Waals surface area contributed by atoms with Gasteiger partial charge in [0.25, 0.3) is 0 Å². The number of ketones is 1. The number of urea groups is 1. The van der Waals surface area contributed by atoms with Crippen LogP contribution in [0.15, 0.2) is 48.5 Å². The molecule has 0 fully saturated rings. The Hall–Kier alpha value is -3.68. The summed E-state index contributed by atoms with van der Waals surface area (Å²) in [6.07, 6.45) is 0. The van der Waals surface area contributed by atoms with E-state index in [4.69, 9.17) is 4.74 Å². The van der Waals surface area contributed by atoms with Crippen LogP contribution in [0.2, 0.25) is 0 Å². The minimum absolute atomic E-state index is 0.0403. The van der Waals surface area contributed by atoms with E-state index in [0.717, 1.165) is 5.56 Å². The van der Waals surface area contributed by atoms with Gasteiger partial charge in [0.2, 0.25) is 5.91 Å². The molecule has 8 nitrogen and oxygen atoms in total. The minimum atomic E-state index is -0.615. The molecule has 0 aromatic heterocycles. The first-order valence-corrected chi connectivity index (χ1v) is 10.4. The Kier molecular flexibility index (Phi) is 8.95. The van der Waals surface area contributed by atoms with Gasteiger partial charge < -0.3 is 20.7 Å². The summed E-state index contributed by atoms with van der Waals surface area (Å²) >= 11 is 0. The van der Waals surface area contributed by atoms with Crippen LogP contribution in [0.25, 0.3) is 0 Å². The van der Waals surface area contributed by atoms with Gasteiger partial charge in [-0.15, -0.1) is 0 Å². The third-order valence-electron chi connectivity index (χ3n) is 4.40. The lowest BCUT2D eigenvalue weighted by molar-refractivity contribution is -0.118. The molecule has 2 aromatic carbocycles. The Balaban J connectivity index is 1.83. The highest BCUT2D eigenvalue weighted by Crippen LogP contribution is 2.12. The van der Waals surface area contributed by atoms with Crippen molar-refractivity contribution in [3.8, 4) is 0 Å². The van der Waals surface area contributed by atoms with E-state index in [1.807, 2.05) is 13.8 Å². The number of carbonyl (C=O) groups excluding carboxylic acids is 4. The van der Waals surface area contributed by atoms with Crippen LogP contribution in [-0.2, 0) is 16.1 Å². The van der Waals surface area contributed by atoms with Crippen molar-refractivity contribution in [3.05, 3.63) is 65.2 Å². The molecule has 3 N–H and O–H groups in total. The Labute approximate surface area is 187 Å². The molecule has 0 aliphatic rings. The molecule has 3 amide bonds. The highest BCUT2D eigenvalue weighted by Gasteiger charge is 2.13. The summed E-state index contributed by atoms with van der Waals surface area (Å²) in [4.78, 5) is 47.8. The SMILES string of the molecule is CC(C)NC(=O)NCc1ccc(C(=O)OCC(=O)c2ccc(NC(=O)C(C)C)cc2)cc1. The number of esters is 1. The number of Topliss-reactive ketones (excluding diaryl/α,β-unsaturated/α-hetero) is 1. The van der Waals surface area contributed by atoms with Gasteiger partial charge in [0.05, 0.1) is 5.56 Å². The van der Waals surface area contributed by atoms with Crippen molar-refractivity contribution in [2.45, 2.75) is 40.3 Å². The van der Waals surface area contributed by atoms with Gasteiger partial charge in [-0.25, -0.2) is 9.59 Å². The molecule has 0 saturated carbocycles. The third kappa shape index (κ3) is 7.86. The Morgan fingerprint density at radius 3 is 2.00 bits per heavy atom. The Morgan fingerprint density at radius 2 is 1.44 bits per heavy atom. The standard InChI is InChI=1S/C24H29N3O5/c1-15(2)22(29)27-20-11-9-18(10-12-20)21(28)14-32-23(30)19-7-5-17(6-8-19)13-25-24(31)26-16(3)4/h5-12,15-16H,13-14H2,1-4H3,(H,27,29)(H2,25,26,31). The molecule has 0 aliphatic heterocycles. The van der Waals surface area contributed by atoms with Gasteiger partial charge in [-0.2, -0.15) is 0 Å². The van der Waals surface area contributed by atoms with Crippen molar-refractivity contribution in [3.63, 3.8) is 0 Å². The van der Waals surface area contributed by atoms with Crippen LogP contribution >= 0.6 is 0 Å². The molecule has 0 heterocycles. The van der Waals surface area contributed by atoms with E-state index in [2.05, 4.69) is 16.0 Å². The zero-order chi connectivity index (χ0) is 23.7. The summed E-state index contributed by atoms with van der Waals surface area (Å²) in [6, 6.07) is 12.7. The number of rotatable bonds is 9. The first-order valence-electron chi connectivity index (χ1n) is 10.4. The number of amides is 3. The fraction of sp³-hybridized carbons (Fsp3) is 0.333. The minimum Gasteiger partial charge on any atom is -0.454 e. The third-order valence-corrected chi connectivity index (χ3v) is 4.40. The average molecular weight is 440 g/mol. The zero-order valence-electron chi connectivity index (χ0n) is 18.7. The van der Waals surface area contributed by atoms with Crippen LogP contribution in [0, 0.1) is 5.92 Å². The number of hydrogen-bond donors (Lipinski definition) is 3. The molecule has 0 spiro atoms. The number of nitrogens with one attached hydrogen (secondary N) is 3. The predicted octanol–water partition coefficient (Wildman–Crippen LogP) is 3.53. The van der Waals surface area contributed by atoms with Gasteiger partial charge >= 0.3 is 12.0 Å². The average Bonchev–Trinajstić information content (AvgIpc) is 2.76. The van der Waals surface area contributed by atoms with E-state index >= 15 is 0 Å². The number of hydrogen-bond acceptors (Lipinski definition) is 5. The quantitative estimate of drug-likeness (QED) is 0.409. The Bertz CT molecular complexity index is 951. The molecule has 0 atom stereocenters. The van der Waals surface area contributed by atoms with E-state index in [1.54, 1.807) is 62.4 Å². The molecular weight excluding hydrogens is 410 g/mol. The summed E-state index contributed by atoms with van der Waals surface area (Å²) in [6.45, 7) is 7.24. The van der Waals surface area contributed by atoms with Crippen molar-refractivity contribution in [2.75, 3.05) is 11.9 Å². The second-order valence-electron chi connectivity index (χ2n) is 7.90. The number of ether oxygens (including phenoxy) is 1. The zero-order valence-corrected chi connectivity index (χ0v) is 18.7. The monoisotopic (exact) mass is 439 g/mol. The predicted molar refractivity (Wildman–Crippen MR) is 121 cm³/mol. The fourth-order valence-electron chi connectivity index (χ4n) is 2.58. The molecule has 2 aromatic rings. The summed E-state index contributed by atoms with van der Waals surface area (Å²) < 4.78 is 5.11. The van der Waals surface area contributed by atoms with Crippen LogP contribution < -0.4 is 16.0 Å². The van der Waals surface area contributed by atoms with Gasteiger partial charge in [-0.3, -0.25) is 9.59 Å². The van der Waals surface area contributed by atoms with Crippen molar-refractivity contribution >= 4 is 29.4 Å². The first-order chi connectivity index (χ1) is 15.2. The van der Waals surface area contributed by atoms with Crippen molar-refractivity contribution in [2.24, 2.45) is 5.92 Å². The second kappa shape index (κ2) is 11.6. The van der Waals surface area contributed by atoms with Gasteiger partial charge in [0.1, 0.15) is 0 Å². The van der Waals surface area contributed by atoms with E-state index in [0.29, 0.717) is 23.4 Å². The fourth-order valence-corrected chi connectivity index (χ4v) is 2.58. The number of benzene rings is 2. The van der Waals surface area contributed by atoms with E-state index in [9.17, 15) is 19.2 Å². The molecular formula is C24H29N3O5. The van der Waals surface area contributed by atoms with Crippen LogP contribution in [0.1, 0.15) is 54.0 Å². The van der Waals surface area contributed by atoms with Crippen molar-refractivity contribution < 1.29 is 23.9 Å². The van der Waals surface area contributed by atoms with Gasteiger partial charge in [-0.1, -0.05) is 26.0 Å². The van der Waals surface area contributed by atoms with Crippen molar-refractivity contribution in [1.82, 2.24) is 10.6 Å². The Morgan fingerprint density at radius 1 is 0.844 bits per heavy atom. The molecule has 170 valence electrons. The van der Waals surface area contributed by atoms with E-state index in [-0.39, 0.29) is 29.7 Å². The first kappa shape index (κ1) is 24.6. The molecule has 8 heteroatoms. The lowest BCUT2D eigenvalue weighted by Crippen LogP contribution is -2.39. The summed E-state index contributed by atoms with van der Waals surface area (Å²) in [5.74, 6) is -1.22. The number of carbonyl (C=O) groups is 4. The summed E-state index contributed by atoms with van der Waals surface area (Å²) in [5, 5.41) is 8.19. The molecule has 32 heavy (non-hydrogen) atoms. The van der Waals surface area contributed by atoms with Gasteiger partial charge in [-0.05, 0) is 55.8 Å². The van der Waals surface area contributed by atoms with E-state index < -0.39 is 12.6 Å². The number of anilines is 1. The molecule has 0 radical (unpaired) electrons. The van der Waals surface area contributed by atoms with Crippen molar-refractivity contribution in [1.29, 1.82) is 0 Å². The van der Waals surface area contributed by atoms with Crippen LogP contribution in [0.3, 0.4) is 0 Å². The smallest absolute Gasteiger partial charge is 0.338 e. The molecule has 0 saturated heterocycles. The van der Waals surface area contributed by atoms with Crippen LogP contribution in [0.4, 0.5) is 10.5 Å². The van der Waals surface area contributed by atoms with E-state index in [1.165, 1.54) is 0 Å². The molecule has 0 bridgehead atoms. The van der Waals surface area contributed by atoms with Crippen LogP contribution in [0.5, 0.6) is 0 Å². The second-order valence-corrected chi connectivity index (χ2v) is 7.90. The largest absolute Gasteiger partial charge is 0.454 e. The highest BCUT2D eigenvalue weighted by atomic mass is 16.5. The topological polar surface area (TPSA) is 114 Å². The lowest BCUT2D eigenvalue weighted by atomic mass is 10.1. The van der Waals surface area contributed by atoms with Crippen LogP contribution in [-0.4, -0.2) is 36.3 Å². The molecule has 0 unspecified atom stereocenters. The molecule has 2 rings (SSSR count). The maximum Gasteiger partial charge on any atom is 0.338 e. The lowest BCUT2D eigenvalue weighted by Gasteiger charge is -2.10.